The molecule has 3 heteroatoms. The maximum Gasteiger partial charge on any atom is 0.0338 e. The summed E-state index contributed by atoms with van der Waals surface area (Å²) >= 11 is 0. The minimum absolute atomic E-state index is 0. The van der Waals surface area contributed by atoms with Gasteiger partial charge in [0.05, 0.1) is 0 Å². The SMILES string of the molecule is C[CH-]C(F)=C(C)[CH-]COC.[Y]. The van der Waals surface area contributed by atoms with Crippen LogP contribution in [-0.2, 0) is 37.4 Å². The summed E-state index contributed by atoms with van der Waals surface area (Å²) in [5.41, 5.74) is 0.629. The van der Waals surface area contributed by atoms with E-state index in [2.05, 4.69) is 0 Å². The second-order valence-electron chi connectivity index (χ2n) is 1.98. The number of allylic oxidation sites excluding steroid dienone is 1. The van der Waals surface area contributed by atoms with Crippen molar-refractivity contribution >= 4 is 0 Å². The van der Waals surface area contributed by atoms with E-state index in [1.165, 1.54) is 6.42 Å². The van der Waals surface area contributed by atoms with Crippen LogP contribution in [0.4, 0.5) is 4.39 Å². The first-order valence-electron chi connectivity index (χ1n) is 3.20. The van der Waals surface area contributed by atoms with Gasteiger partial charge >= 0.3 is 0 Å². The number of methoxy groups -OCH3 is 1. The van der Waals surface area contributed by atoms with Crippen molar-refractivity contribution in [2.45, 2.75) is 13.8 Å². The number of halogens is 1. The van der Waals surface area contributed by atoms with Gasteiger partial charge in [0.25, 0.3) is 0 Å². The van der Waals surface area contributed by atoms with Gasteiger partial charge in [-0.05, 0) is 6.61 Å². The summed E-state index contributed by atoms with van der Waals surface area (Å²) < 4.78 is 17.3. The number of hydrogen-bond donors (Lipinski definition) is 0. The fourth-order valence-corrected chi connectivity index (χ4v) is 0.534. The summed E-state index contributed by atoms with van der Waals surface area (Å²) in [5, 5.41) is 0. The fourth-order valence-electron chi connectivity index (χ4n) is 0.534. The first kappa shape index (κ1) is 14.0. The summed E-state index contributed by atoms with van der Waals surface area (Å²) in [6.45, 7) is 3.85. The van der Waals surface area contributed by atoms with Crippen LogP contribution in [0.5, 0.6) is 0 Å². The molecular weight excluding hydrogens is 220 g/mol. The van der Waals surface area contributed by atoms with Crippen LogP contribution >= 0.6 is 0 Å². The van der Waals surface area contributed by atoms with Gasteiger partial charge in [-0.2, -0.15) is 5.83 Å². The number of rotatable bonds is 4. The Kier molecular flexibility index (Phi) is 10.9. The molecule has 0 N–H and O–H groups in total. The van der Waals surface area contributed by atoms with Crippen LogP contribution in [0.1, 0.15) is 13.8 Å². The second-order valence-corrected chi connectivity index (χ2v) is 1.98. The minimum atomic E-state index is -0.183. The minimum Gasteiger partial charge on any atom is -0.400 e. The van der Waals surface area contributed by atoms with E-state index in [4.69, 9.17) is 4.74 Å². The molecule has 0 rings (SSSR count). The van der Waals surface area contributed by atoms with Gasteiger partial charge in [-0.15, -0.1) is 13.8 Å². The van der Waals surface area contributed by atoms with Crippen molar-refractivity contribution in [2.24, 2.45) is 0 Å². The first-order chi connectivity index (χ1) is 4.72. The zero-order valence-electron chi connectivity index (χ0n) is 7.23. The Morgan fingerprint density at radius 2 is 2.09 bits per heavy atom. The van der Waals surface area contributed by atoms with E-state index in [-0.39, 0.29) is 38.5 Å². The molecule has 1 nitrogen and oxygen atoms in total. The molecule has 11 heavy (non-hydrogen) atoms. The van der Waals surface area contributed by atoms with Crippen LogP contribution in [0.2, 0.25) is 0 Å². The third-order valence-electron chi connectivity index (χ3n) is 1.19. The van der Waals surface area contributed by atoms with Gasteiger partial charge < -0.3 is 14.7 Å². The molecule has 0 saturated heterocycles. The summed E-state index contributed by atoms with van der Waals surface area (Å²) in [6.07, 6.45) is 3.14. The second kappa shape index (κ2) is 8.57. The van der Waals surface area contributed by atoms with E-state index >= 15 is 0 Å². The fraction of sp³-hybridized carbons (Fsp3) is 0.500. The topological polar surface area (TPSA) is 9.23 Å². The van der Waals surface area contributed by atoms with Gasteiger partial charge in [0.2, 0.25) is 0 Å². The van der Waals surface area contributed by atoms with Crippen molar-refractivity contribution in [1.82, 2.24) is 0 Å². The van der Waals surface area contributed by atoms with Crippen molar-refractivity contribution in [1.29, 1.82) is 0 Å². The smallest absolute Gasteiger partial charge is 0.0338 e. The Balaban J connectivity index is 0. The van der Waals surface area contributed by atoms with Crippen molar-refractivity contribution in [2.75, 3.05) is 13.7 Å². The van der Waals surface area contributed by atoms with Gasteiger partial charge in [0, 0.05) is 39.8 Å². The van der Waals surface area contributed by atoms with Crippen LogP contribution in [0.15, 0.2) is 11.4 Å². The van der Waals surface area contributed by atoms with Crippen molar-refractivity contribution in [3.63, 3.8) is 0 Å². The van der Waals surface area contributed by atoms with Crippen molar-refractivity contribution in [3.8, 4) is 0 Å². The summed E-state index contributed by atoms with van der Waals surface area (Å²) in [6, 6.07) is 0. The molecular formula is C8H13FOY-2. The van der Waals surface area contributed by atoms with Crippen LogP contribution in [0.3, 0.4) is 0 Å². The summed E-state index contributed by atoms with van der Waals surface area (Å²) in [4.78, 5) is 0. The van der Waals surface area contributed by atoms with Crippen LogP contribution in [-0.4, -0.2) is 13.7 Å². The average Bonchev–Trinajstić information content (AvgIpc) is 1.98. The predicted octanol–water partition coefficient (Wildman–Crippen LogP) is 2.30. The molecule has 0 aromatic carbocycles. The van der Waals surface area contributed by atoms with Gasteiger partial charge in [-0.1, -0.05) is 0 Å². The molecule has 0 bridgehead atoms. The quantitative estimate of drug-likeness (QED) is 0.677. The third-order valence-corrected chi connectivity index (χ3v) is 1.19. The Labute approximate surface area is 93.3 Å². The van der Waals surface area contributed by atoms with Crippen molar-refractivity contribution in [3.05, 3.63) is 24.2 Å². The largest absolute Gasteiger partial charge is 0.400 e. The summed E-state index contributed by atoms with van der Waals surface area (Å²) in [5.74, 6) is -0.183. The maximum atomic E-state index is 12.6. The molecule has 0 aromatic rings. The number of ether oxygens (including phenoxy) is 1. The van der Waals surface area contributed by atoms with E-state index in [9.17, 15) is 4.39 Å². The average molecular weight is 233 g/mol. The molecule has 0 aliphatic rings. The molecule has 0 spiro atoms. The maximum absolute atomic E-state index is 12.6. The van der Waals surface area contributed by atoms with E-state index < -0.39 is 0 Å². The number of hydrogen-bond acceptors (Lipinski definition) is 1. The van der Waals surface area contributed by atoms with Gasteiger partial charge in [0.15, 0.2) is 0 Å². The monoisotopic (exact) mass is 233 g/mol. The third kappa shape index (κ3) is 6.86. The molecule has 0 amide bonds. The molecule has 0 atom stereocenters. The van der Waals surface area contributed by atoms with Crippen molar-refractivity contribution < 1.29 is 41.8 Å². The zero-order valence-corrected chi connectivity index (χ0v) is 10.1. The van der Waals surface area contributed by atoms with E-state index in [0.29, 0.717) is 12.2 Å². The Morgan fingerprint density at radius 3 is 2.45 bits per heavy atom. The molecule has 1 radical (unpaired) electrons. The molecule has 0 heterocycles. The molecule has 0 aromatic heterocycles. The van der Waals surface area contributed by atoms with Crippen LogP contribution in [0, 0.1) is 12.8 Å². The molecule has 0 saturated carbocycles. The zero-order chi connectivity index (χ0) is 7.98. The Bertz CT molecular complexity index is 123. The first-order valence-corrected chi connectivity index (χ1v) is 3.20. The molecule has 63 valence electrons. The summed E-state index contributed by atoms with van der Waals surface area (Å²) in [7, 11) is 1.58. The molecule has 0 fully saturated rings. The normalized spacial score (nSPS) is 11.3. The predicted molar refractivity (Wildman–Crippen MR) is 40.0 cm³/mol. The van der Waals surface area contributed by atoms with Gasteiger partial charge in [0.1, 0.15) is 0 Å². The van der Waals surface area contributed by atoms with Gasteiger partial charge in [-0.3, -0.25) is 12.8 Å². The van der Waals surface area contributed by atoms with Crippen LogP contribution < -0.4 is 0 Å². The molecule has 0 unspecified atom stereocenters. The van der Waals surface area contributed by atoms with Gasteiger partial charge in [-0.25, -0.2) is 0 Å². The Hall–Kier alpha value is 0.474. The molecule has 0 aliphatic heterocycles. The van der Waals surface area contributed by atoms with E-state index in [1.807, 2.05) is 0 Å². The standard InChI is InChI=1S/C8H13FO.Y/c1-4-8(9)7(2)5-6-10-3;/h4-5H,6H2,1-3H3;/q-2;. The van der Waals surface area contributed by atoms with E-state index in [1.54, 1.807) is 27.4 Å². The van der Waals surface area contributed by atoms with Crippen LogP contribution in [0.25, 0.3) is 0 Å². The Morgan fingerprint density at radius 1 is 1.55 bits per heavy atom. The molecule has 0 aliphatic carbocycles. The van der Waals surface area contributed by atoms with E-state index in [0.717, 1.165) is 0 Å².